The summed E-state index contributed by atoms with van der Waals surface area (Å²) in [5, 5.41) is 5.23. The molecule has 1 aliphatic heterocycles. The first-order chi connectivity index (χ1) is 11.2. The summed E-state index contributed by atoms with van der Waals surface area (Å²) in [6.45, 7) is 2.21. The fourth-order valence-electron chi connectivity index (χ4n) is 4.04. The van der Waals surface area contributed by atoms with Crippen LogP contribution in [0.1, 0.15) is 42.0 Å². The molecule has 4 rings (SSSR count). The predicted molar refractivity (Wildman–Crippen MR) is 98.6 cm³/mol. The minimum absolute atomic E-state index is 0.222. The number of aryl methyl sites for hydroxylation is 1. The number of allylic oxidation sites excluding steroid dienone is 2. The van der Waals surface area contributed by atoms with Crippen LogP contribution in [0.25, 0.3) is 0 Å². The molecule has 2 aromatic rings. The van der Waals surface area contributed by atoms with Crippen molar-refractivity contribution in [2.75, 3.05) is 5.32 Å². The van der Waals surface area contributed by atoms with Crippen LogP contribution < -0.4 is 5.32 Å². The molecule has 3 heteroatoms. The molecule has 0 saturated carbocycles. The summed E-state index contributed by atoms with van der Waals surface area (Å²) in [7, 11) is 0. The van der Waals surface area contributed by atoms with Gasteiger partial charge >= 0.3 is 0 Å². The molecule has 1 heterocycles. The van der Waals surface area contributed by atoms with Crippen LogP contribution in [-0.2, 0) is 6.42 Å². The van der Waals surface area contributed by atoms with Crippen molar-refractivity contribution in [2.45, 2.75) is 31.7 Å². The third kappa shape index (κ3) is 2.47. The Balaban J connectivity index is 1.83. The number of hydrogen-bond donors (Lipinski definition) is 1. The van der Waals surface area contributed by atoms with Crippen molar-refractivity contribution < 1.29 is 0 Å². The van der Waals surface area contributed by atoms with Gasteiger partial charge in [-0.15, -0.1) is 0 Å². The number of halogens is 2. The van der Waals surface area contributed by atoms with Crippen LogP contribution in [0.3, 0.4) is 0 Å². The lowest BCUT2D eigenvalue weighted by Gasteiger charge is -2.39. The molecule has 23 heavy (non-hydrogen) atoms. The topological polar surface area (TPSA) is 12.0 Å². The monoisotopic (exact) mass is 343 g/mol. The Morgan fingerprint density at radius 3 is 2.78 bits per heavy atom. The molecule has 2 aromatic carbocycles. The molecule has 1 nitrogen and oxygen atoms in total. The van der Waals surface area contributed by atoms with Crippen molar-refractivity contribution in [1.82, 2.24) is 0 Å². The quantitative estimate of drug-likeness (QED) is 0.623. The zero-order valence-corrected chi connectivity index (χ0v) is 14.5. The number of para-hydroxylation sites is 1. The Morgan fingerprint density at radius 1 is 1.13 bits per heavy atom. The molecular weight excluding hydrogens is 325 g/mol. The first-order valence-corrected chi connectivity index (χ1v) is 8.94. The van der Waals surface area contributed by atoms with Gasteiger partial charge in [-0.2, -0.15) is 0 Å². The molecule has 0 saturated heterocycles. The highest BCUT2D eigenvalue weighted by atomic mass is 35.5. The highest BCUT2D eigenvalue weighted by Gasteiger charge is 2.39. The molecule has 0 aromatic heterocycles. The standard InChI is InChI=1S/C20H19Cl2N/c1-2-12-5-3-7-15-14-6-4-8-16(14)20(23-19(12)15)17-10-9-13(21)11-18(17)22/h3-7,9-11,14,16,20,23H,2,8H2,1H3/t14-,16-,20+/m1/s1. The Bertz CT molecular complexity index is 781. The van der Waals surface area contributed by atoms with Gasteiger partial charge in [-0.3, -0.25) is 0 Å². The van der Waals surface area contributed by atoms with E-state index in [-0.39, 0.29) is 6.04 Å². The molecule has 0 amide bonds. The summed E-state index contributed by atoms with van der Waals surface area (Å²) in [4.78, 5) is 0. The van der Waals surface area contributed by atoms with Crippen LogP contribution in [0.15, 0.2) is 48.6 Å². The van der Waals surface area contributed by atoms with Gasteiger partial charge in [0, 0.05) is 21.7 Å². The van der Waals surface area contributed by atoms with Crippen LogP contribution in [0.2, 0.25) is 10.0 Å². The van der Waals surface area contributed by atoms with Gasteiger partial charge in [-0.05, 0) is 47.6 Å². The summed E-state index contributed by atoms with van der Waals surface area (Å²) in [5.74, 6) is 0.975. The van der Waals surface area contributed by atoms with E-state index < -0.39 is 0 Å². The number of hydrogen-bond acceptors (Lipinski definition) is 1. The van der Waals surface area contributed by atoms with E-state index in [9.17, 15) is 0 Å². The summed E-state index contributed by atoms with van der Waals surface area (Å²) in [6.07, 6.45) is 6.78. The van der Waals surface area contributed by atoms with E-state index in [1.165, 1.54) is 16.8 Å². The normalized spacial score (nSPS) is 24.9. The third-order valence-electron chi connectivity index (χ3n) is 5.16. The minimum Gasteiger partial charge on any atom is -0.377 e. The average molecular weight is 344 g/mol. The molecule has 0 bridgehead atoms. The van der Waals surface area contributed by atoms with E-state index in [4.69, 9.17) is 23.2 Å². The maximum Gasteiger partial charge on any atom is 0.0568 e. The fourth-order valence-corrected chi connectivity index (χ4v) is 4.57. The van der Waals surface area contributed by atoms with Crippen molar-refractivity contribution in [3.8, 4) is 0 Å². The molecular formula is C20H19Cl2N. The van der Waals surface area contributed by atoms with Crippen molar-refractivity contribution in [2.24, 2.45) is 5.92 Å². The van der Waals surface area contributed by atoms with Crippen molar-refractivity contribution in [3.05, 3.63) is 75.3 Å². The minimum atomic E-state index is 0.222. The van der Waals surface area contributed by atoms with Gasteiger partial charge in [0.1, 0.15) is 0 Å². The Kier molecular flexibility index (Phi) is 3.87. The second-order valence-electron chi connectivity index (χ2n) is 6.38. The lowest BCUT2D eigenvalue weighted by atomic mass is 9.76. The zero-order valence-electron chi connectivity index (χ0n) is 13.0. The van der Waals surface area contributed by atoms with Gasteiger partial charge in [0.2, 0.25) is 0 Å². The summed E-state index contributed by atoms with van der Waals surface area (Å²) in [5.41, 5.74) is 5.23. The van der Waals surface area contributed by atoms with Gasteiger partial charge in [-0.1, -0.05) is 66.5 Å². The number of anilines is 1. The summed E-state index contributed by atoms with van der Waals surface area (Å²) >= 11 is 12.6. The number of rotatable bonds is 2. The largest absolute Gasteiger partial charge is 0.377 e. The maximum atomic E-state index is 6.51. The first-order valence-electron chi connectivity index (χ1n) is 8.19. The van der Waals surface area contributed by atoms with Crippen molar-refractivity contribution in [1.29, 1.82) is 0 Å². The van der Waals surface area contributed by atoms with Gasteiger partial charge in [0.05, 0.1) is 6.04 Å². The van der Waals surface area contributed by atoms with Crippen LogP contribution in [0.5, 0.6) is 0 Å². The summed E-state index contributed by atoms with van der Waals surface area (Å²) in [6, 6.07) is 12.7. The van der Waals surface area contributed by atoms with Gasteiger partial charge in [0.15, 0.2) is 0 Å². The van der Waals surface area contributed by atoms with Crippen LogP contribution >= 0.6 is 23.2 Å². The molecule has 0 spiro atoms. The van der Waals surface area contributed by atoms with E-state index >= 15 is 0 Å². The SMILES string of the molecule is CCc1cccc2c1N[C@H](c1ccc(Cl)cc1Cl)[C@@H]1CC=C[C@H]21. The summed E-state index contributed by atoms with van der Waals surface area (Å²) < 4.78 is 0. The van der Waals surface area contributed by atoms with Gasteiger partial charge < -0.3 is 5.32 Å². The van der Waals surface area contributed by atoms with E-state index in [0.717, 1.165) is 23.4 Å². The number of fused-ring (bicyclic) bond motifs is 3. The highest BCUT2D eigenvalue weighted by molar-refractivity contribution is 6.35. The number of nitrogens with one attached hydrogen (secondary N) is 1. The van der Waals surface area contributed by atoms with E-state index in [2.05, 4.69) is 48.7 Å². The van der Waals surface area contributed by atoms with Crippen molar-refractivity contribution in [3.63, 3.8) is 0 Å². The van der Waals surface area contributed by atoms with Gasteiger partial charge in [0.25, 0.3) is 0 Å². The highest BCUT2D eigenvalue weighted by Crippen LogP contribution is 2.51. The Hall–Kier alpha value is -1.44. The molecule has 1 N–H and O–H groups in total. The van der Waals surface area contributed by atoms with E-state index in [0.29, 0.717) is 16.9 Å². The van der Waals surface area contributed by atoms with Crippen LogP contribution in [0.4, 0.5) is 5.69 Å². The molecule has 0 unspecified atom stereocenters. The molecule has 1 aliphatic carbocycles. The lowest BCUT2D eigenvalue weighted by Crippen LogP contribution is -2.30. The first kappa shape index (κ1) is 15.1. The van der Waals surface area contributed by atoms with Gasteiger partial charge in [-0.25, -0.2) is 0 Å². The van der Waals surface area contributed by atoms with Crippen LogP contribution in [-0.4, -0.2) is 0 Å². The predicted octanol–water partition coefficient (Wildman–Crippen LogP) is 6.38. The molecule has 0 fully saturated rings. The second-order valence-corrected chi connectivity index (χ2v) is 7.22. The van der Waals surface area contributed by atoms with Crippen molar-refractivity contribution >= 4 is 28.9 Å². The second kappa shape index (κ2) is 5.89. The lowest BCUT2D eigenvalue weighted by molar-refractivity contribution is 0.425. The Labute approximate surface area is 147 Å². The maximum absolute atomic E-state index is 6.51. The van der Waals surface area contributed by atoms with Crippen LogP contribution in [0, 0.1) is 5.92 Å². The third-order valence-corrected chi connectivity index (χ3v) is 5.72. The smallest absolute Gasteiger partial charge is 0.0568 e. The molecule has 2 aliphatic rings. The van der Waals surface area contributed by atoms with E-state index in [1.54, 1.807) is 0 Å². The zero-order chi connectivity index (χ0) is 16.0. The molecule has 118 valence electrons. The van der Waals surface area contributed by atoms with E-state index in [1.807, 2.05) is 12.1 Å². The fraction of sp³-hybridized carbons (Fsp3) is 0.300. The average Bonchev–Trinajstić information content (AvgIpc) is 3.04. The number of benzene rings is 2. The Morgan fingerprint density at radius 2 is 2.00 bits per heavy atom. The molecule has 3 atom stereocenters. The molecule has 0 radical (unpaired) electrons.